The van der Waals surface area contributed by atoms with Crippen molar-refractivity contribution < 1.29 is 4.39 Å². The van der Waals surface area contributed by atoms with Gasteiger partial charge in [0.15, 0.2) is 0 Å². The van der Waals surface area contributed by atoms with Crippen LogP contribution in [0.2, 0.25) is 0 Å². The average molecular weight is 364 g/mol. The van der Waals surface area contributed by atoms with Crippen LogP contribution in [0.5, 0.6) is 0 Å². The maximum absolute atomic E-state index is 13.6. The third kappa shape index (κ3) is 5.56. The van der Waals surface area contributed by atoms with Gasteiger partial charge in [-0.05, 0) is 72.9 Å². The van der Waals surface area contributed by atoms with E-state index in [1.807, 2.05) is 30.3 Å². The van der Waals surface area contributed by atoms with Crippen LogP contribution in [0.25, 0.3) is 11.8 Å². The lowest BCUT2D eigenvalue weighted by atomic mass is 9.84. The SMILES string of the molecule is C=C(NCc1ccc2c(c1)CC(C)CC2)c1ccc(/C=C\C(C)(C)F)cc1. The zero-order chi connectivity index (χ0) is 19.4. The first-order chi connectivity index (χ1) is 12.8. The summed E-state index contributed by atoms with van der Waals surface area (Å²) in [5, 5.41) is 3.44. The van der Waals surface area contributed by atoms with Crippen molar-refractivity contribution in [3.05, 3.63) is 82.9 Å². The maximum Gasteiger partial charge on any atom is 0.123 e. The molecular formula is C25H30FN. The molecule has 0 heterocycles. The van der Waals surface area contributed by atoms with Gasteiger partial charge in [0.2, 0.25) is 0 Å². The van der Waals surface area contributed by atoms with E-state index in [1.54, 1.807) is 19.9 Å². The van der Waals surface area contributed by atoms with Gasteiger partial charge in [-0.15, -0.1) is 0 Å². The van der Waals surface area contributed by atoms with Crippen LogP contribution in [0.3, 0.4) is 0 Å². The molecule has 1 nitrogen and oxygen atoms in total. The van der Waals surface area contributed by atoms with Crippen molar-refractivity contribution in [3.63, 3.8) is 0 Å². The van der Waals surface area contributed by atoms with Crippen LogP contribution in [-0.2, 0) is 19.4 Å². The second-order valence-corrected chi connectivity index (χ2v) is 8.30. The molecule has 27 heavy (non-hydrogen) atoms. The Kier molecular flexibility index (Phi) is 5.84. The highest BCUT2D eigenvalue weighted by atomic mass is 19.1. The molecule has 2 aromatic carbocycles. The maximum atomic E-state index is 13.6. The summed E-state index contributed by atoms with van der Waals surface area (Å²) in [4.78, 5) is 0. The van der Waals surface area contributed by atoms with Gasteiger partial charge in [-0.1, -0.05) is 62.0 Å². The Morgan fingerprint density at radius 2 is 1.93 bits per heavy atom. The molecule has 0 spiro atoms. The number of fused-ring (bicyclic) bond motifs is 1. The Bertz CT molecular complexity index is 824. The summed E-state index contributed by atoms with van der Waals surface area (Å²) in [6, 6.07) is 14.9. The van der Waals surface area contributed by atoms with Crippen LogP contribution in [0.15, 0.2) is 55.1 Å². The van der Waals surface area contributed by atoms with Crippen LogP contribution >= 0.6 is 0 Å². The molecule has 0 aromatic heterocycles. The van der Waals surface area contributed by atoms with Crippen molar-refractivity contribution in [2.45, 2.75) is 52.2 Å². The van der Waals surface area contributed by atoms with E-state index in [9.17, 15) is 4.39 Å². The summed E-state index contributed by atoms with van der Waals surface area (Å²) in [6.07, 6.45) is 7.08. The molecule has 2 heteroatoms. The summed E-state index contributed by atoms with van der Waals surface area (Å²) in [6.45, 7) is 10.4. The van der Waals surface area contributed by atoms with Gasteiger partial charge in [0, 0.05) is 12.2 Å². The highest BCUT2D eigenvalue weighted by Crippen LogP contribution is 2.26. The lowest BCUT2D eigenvalue weighted by Crippen LogP contribution is -2.14. The van der Waals surface area contributed by atoms with E-state index in [0.29, 0.717) is 0 Å². The minimum Gasteiger partial charge on any atom is -0.381 e. The molecule has 1 aliphatic rings. The highest BCUT2D eigenvalue weighted by molar-refractivity contribution is 5.64. The first kappa shape index (κ1) is 19.4. The van der Waals surface area contributed by atoms with Crippen molar-refractivity contribution in [2.24, 2.45) is 5.92 Å². The lowest BCUT2D eigenvalue weighted by Gasteiger charge is -2.22. The minimum atomic E-state index is -1.30. The Balaban J connectivity index is 1.59. The van der Waals surface area contributed by atoms with E-state index < -0.39 is 5.67 Å². The van der Waals surface area contributed by atoms with Crippen LogP contribution in [0, 0.1) is 5.92 Å². The van der Waals surface area contributed by atoms with Gasteiger partial charge >= 0.3 is 0 Å². The zero-order valence-corrected chi connectivity index (χ0v) is 16.7. The molecule has 0 bridgehead atoms. The fourth-order valence-corrected chi connectivity index (χ4v) is 3.50. The number of nitrogens with one attached hydrogen (secondary N) is 1. The molecule has 0 radical (unpaired) electrons. The molecule has 1 N–H and O–H groups in total. The fourth-order valence-electron chi connectivity index (χ4n) is 3.50. The Hall–Kier alpha value is -2.35. The normalized spacial score (nSPS) is 17.0. The van der Waals surface area contributed by atoms with E-state index in [1.165, 1.54) is 36.0 Å². The topological polar surface area (TPSA) is 12.0 Å². The molecule has 0 fully saturated rings. The van der Waals surface area contributed by atoms with Crippen molar-refractivity contribution >= 4 is 11.8 Å². The molecule has 1 atom stereocenters. The van der Waals surface area contributed by atoms with Gasteiger partial charge in [-0.25, -0.2) is 4.39 Å². The van der Waals surface area contributed by atoms with Gasteiger partial charge in [0.1, 0.15) is 5.67 Å². The van der Waals surface area contributed by atoms with E-state index in [2.05, 4.69) is 37.0 Å². The second-order valence-electron chi connectivity index (χ2n) is 8.30. The van der Waals surface area contributed by atoms with Crippen LogP contribution in [-0.4, -0.2) is 5.67 Å². The second kappa shape index (κ2) is 8.12. The molecule has 0 saturated heterocycles. The monoisotopic (exact) mass is 363 g/mol. The number of hydrogen-bond acceptors (Lipinski definition) is 1. The number of halogens is 1. The summed E-state index contributed by atoms with van der Waals surface area (Å²) in [7, 11) is 0. The largest absolute Gasteiger partial charge is 0.381 e. The number of rotatable bonds is 6. The van der Waals surface area contributed by atoms with Crippen molar-refractivity contribution in [3.8, 4) is 0 Å². The predicted octanol–water partition coefficient (Wildman–Crippen LogP) is 6.33. The molecule has 0 saturated carbocycles. The van der Waals surface area contributed by atoms with Crippen molar-refractivity contribution in [2.75, 3.05) is 0 Å². The van der Waals surface area contributed by atoms with E-state index >= 15 is 0 Å². The molecule has 1 unspecified atom stereocenters. The summed E-state index contributed by atoms with van der Waals surface area (Å²) < 4.78 is 13.6. The van der Waals surface area contributed by atoms with Crippen LogP contribution in [0.1, 0.15) is 55.0 Å². The Labute approximate surface area is 163 Å². The molecule has 3 rings (SSSR count). The van der Waals surface area contributed by atoms with Crippen LogP contribution < -0.4 is 5.32 Å². The van der Waals surface area contributed by atoms with Crippen LogP contribution in [0.4, 0.5) is 4.39 Å². The summed E-state index contributed by atoms with van der Waals surface area (Å²) in [5.74, 6) is 0.784. The van der Waals surface area contributed by atoms with E-state index in [-0.39, 0.29) is 0 Å². The molecule has 0 aliphatic heterocycles. The molecular weight excluding hydrogens is 333 g/mol. The zero-order valence-electron chi connectivity index (χ0n) is 16.7. The molecule has 2 aromatic rings. The third-order valence-corrected chi connectivity index (χ3v) is 5.18. The number of hydrogen-bond donors (Lipinski definition) is 1. The smallest absolute Gasteiger partial charge is 0.123 e. The van der Waals surface area contributed by atoms with Gasteiger partial charge in [0.25, 0.3) is 0 Å². The Morgan fingerprint density at radius 3 is 2.63 bits per heavy atom. The number of aryl methyl sites for hydroxylation is 1. The standard InChI is InChI=1S/C25H30FN/c1-18-5-9-23-12-8-21(16-24(23)15-18)17-27-19(2)22-10-6-20(7-11-22)13-14-25(3,4)26/h6-8,10-14,16,18,27H,2,5,9,15,17H2,1,3-4H3/b14-13-. The molecule has 1 aliphatic carbocycles. The van der Waals surface area contributed by atoms with Crippen molar-refractivity contribution in [1.29, 1.82) is 0 Å². The van der Waals surface area contributed by atoms with E-state index in [0.717, 1.165) is 29.3 Å². The Morgan fingerprint density at radius 1 is 1.19 bits per heavy atom. The first-order valence-corrected chi connectivity index (χ1v) is 9.82. The quantitative estimate of drug-likeness (QED) is 0.632. The lowest BCUT2D eigenvalue weighted by molar-refractivity contribution is 0.288. The fraction of sp³-hybridized carbons (Fsp3) is 0.360. The van der Waals surface area contributed by atoms with Gasteiger partial charge < -0.3 is 5.32 Å². The van der Waals surface area contributed by atoms with Gasteiger partial charge in [-0.3, -0.25) is 0 Å². The summed E-state index contributed by atoms with van der Waals surface area (Å²) >= 11 is 0. The van der Waals surface area contributed by atoms with Gasteiger partial charge in [-0.2, -0.15) is 0 Å². The first-order valence-electron chi connectivity index (χ1n) is 9.82. The van der Waals surface area contributed by atoms with E-state index in [4.69, 9.17) is 0 Å². The van der Waals surface area contributed by atoms with Gasteiger partial charge in [0.05, 0.1) is 0 Å². The molecule has 142 valence electrons. The number of allylic oxidation sites excluding steroid dienone is 1. The highest BCUT2D eigenvalue weighted by Gasteiger charge is 2.15. The number of benzene rings is 2. The molecule has 0 amide bonds. The van der Waals surface area contributed by atoms with Crippen molar-refractivity contribution in [1.82, 2.24) is 5.32 Å². The third-order valence-electron chi connectivity index (χ3n) is 5.18. The minimum absolute atomic E-state index is 0.776. The number of alkyl halides is 1. The predicted molar refractivity (Wildman–Crippen MR) is 114 cm³/mol. The average Bonchev–Trinajstić information content (AvgIpc) is 2.64. The summed E-state index contributed by atoms with van der Waals surface area (Å²) in [5.41, 5.74) is 5.97.